The first kappa shape index (κ1) is 12.1. The Hall–Kier alpha value is -1.40. The molecule has 3 N–H and O–H groups in total. The Morgan fingerprint density at radius 2 is 2.47 bits per heavy atom. The van der Waals surface area contributed by atoms with Crippen molar-refractivity contribution >= 4 is 5.91 Å². The first-order valence-electron chi connectivity index (χ1n) is 5.85. The zero-order valence-electron chi connectivity index (χ0n) is 10.3. The van der Waals surface area contributed by atoms with Crippen molar-refractivity contribution in [1.29, 1.82) is 0 Å². The molecule has 2 heterocycles. The number of rotatable bonds is 3. The summed E-state index contributed by atoms with van der Waals surface area (Å²) in [6.07, 6.45) is 1.77. The van der Waals surface area contributed by atoms with E-state index in [1.165, 1.54) is 0 Å². The summed E-state index contributed by atoms with van der Waals surface area (Å²) in [5.41, 5.74) is 6.54. The van der Waals surface area contributed by atoms with Crippen molar-refractivity contribution in [2.45, 2.75) is 19.0 Å². The highest BCUT2D eigenvalue weighted by atomic mass is 16.1. The predicted molar refractivity (Wildman–Crippen MR) is 64.2 cm³/mol. The van der Waals surface area contributed by atoms with Gasteiger partial charge in [0.15, 0.2) is 0 Å². The van der Waals surface area contributed by atoms with E-state index in [0.717, 1.165) is 18.8 Å². The number of hydrogen-bond donors (Lipinski definition) is 2. The molecule has 6 heteroatoms. The summed E-state index contributed by atoms with van der Waals surface area (Å²) in [4.78, 5) is 13.6. The standard InChI is InChI=1S/C11H19N5O/c1-8(9-3-4-14-15(9)2)16-6-5-13-7-10(16)11(12)17/h3-4,8,10,13H,5-7H2,1-2H3,(H2,12,17). The molecule has 1 aromatic heterocycles. The second-order valence-electron chi connectivity index (χ2n) is 4.42. The van der Waals surface area contributed by atoms with Crippen molar-refractivity contribution in [2.24, 2.45) is 12.8 Å². The summed E-state index contributed by atoms with van der Waals surface area (Å²) < 4.78 is 1.84. The lowest BCUT2D eigenvalue weighted by molar-refractivity contribution is -0.124. The van der Waals surface area contributed by atoms with Gasteiger partial charge in [-0.2, -0.15) is 5.10 Å². The van der Waals surface area contributed by atoms with E-state index in [2.05, 4.69) is 22.2 Å². The van der Waals surface area contributed by atoms with Gasteiger partial charge in [0.1, 0.15) is 6.04 Å². The monoisotopic (exact) mass is 237 g/mol. The molecule has 2 rings (SSSR count). The molecule has 0 radical (unpaired) electrons. The van der Waals surface area contributed by atoms with Crippen molar-refractivity contribution in [1.82, 2.24) is 20.0 Å². The lowest BCUT2D eigenvalue weighted by Gasteiger charge is -2.38. The van der Waals surface area contributed by atoms with Crippen LogP contribution in [-0.4, -0.2) is 46.3 Å². The Morgan fingerprint density at radius 1 is 1.71 bits per heavy atom. The van der Waals surface area contributed by atoms with Gasteiger partial charge in [0.05, 0.1) is 5.69 Å². The number of aryl methyl sites for hydroxylation is 1. The smallest absolute Gasteiger partial charge is 0.236 e. The average molecular weight is 237 g/mol. The molecule has 1 aliphatic rings. The lowest BCUT2D eigenvalue weighted by Crippen LogP contribution is -2.57. The van der Waals surface area contributed by atoms with E-state index < -0.39 is 0 Å². The van der Waals surface area contributed by atoms with Crippen LogP contribution in [0.4, 0.5) is 0 Å². The normalized spacial score (nSPS) is 23.5. The molecule has 1 amide bonds. The van der Waals surface area contributed by atoms with Gasteiger partial charge in [0.25, 0.3) is 0 Å². The molecule has 0 bridgehead atoms. The maximum absolute atomic E-state index is 11.4. The SMILES string of the molecule is CC(c1ccnn1C)N1CCNCC1C(N)=O. The Bertz CT molecular complexity index is 402. The summed E-state index contributed by atoms with van der Waals surface area (Å²) in [5.74, 6) is -0.272. The quantitative estimate of drug-likeness (QED) is 0.724. The van der Waals surface area contributed by atoms with Gasteiger partial charge >= 0.3 is 0 Å². The van der Waals surface area contributed by atoms with Gasteiger partial charge in [0.2, 0.25) is 5.91 Å². The zero-order valence-corrected chi connectivity index (χ0v) is 10.3. The van der Waals surface area contributed by atoms with Crippen molar-refractivity contribution in [3.8, 4) is 0 Å². The first-order valence-corrected chi connectivity index (χ1v) is 5.85. The van der Waals surface area contributed by atoms with Gasteiger partial charge in [-0.3, -0.25) is 14.4 Å². The summed E-state index contributed by atoms with van der Waals surface area (Å²) >= 11 is 0. The number of amides is 1. The molecular formula is C11H19N5O. The highest BCUT2D eigenvalue weighted by Crippen LogP contribution is 2.22. The van der Waals surface area contributed by atoms with Crippen LogP contribution in [0.5, 0.6) is 0 Å². The van der Waals surface area contributed by atoms with Crippen molar-refractivity contribution in [2.75, 3.05) is 19.6 Å². The molecule has 0 saturated carbocycles. The number of nitrogens with one attached hydrogen (secondary N) is 1. The molecule has 2 atom stereocenters. The van der Waals surface area contributed by atoms with Crippen LogP contribution in [0, 0.1) is 0 Å². The lowest BCUT2D eigenvalue weighted by atomic mass is 10.1. The first-order chi connectivity index (χ1) is 8.11. The van der Waals surface area contributed by atoms with Crippen LogP contribution in [-0.2, 0) is 11.8 Å². The summed E-state index contributed by atoms with van der Waals surface area (Å²) in [7, 11) is 1.91. The number of primary amides is 1. The fraction of sp³-hybridized carbons (Fsp3) is 0.636. The highest BCUT2D eigenvalue weighted by Gasteiger charge is 2.31. The molecule has 17 heavy (non-hydrogen) atoms. The van der Waals surface area contributed by atoms with E-state index in [1.54, 1.807) is 6.20 Å². The van der Waals surface area contributed by atoms with Crippen LogP contribution < -0.4 is 11.1 Å². The largest absolute Gasteiger partial charge is 0.368 e. The number of hydrogen-bond acceptors (Lipinski definition) is 4. The van der Waals surface area contributed by atoms with E-state index in [9.17, 15) is 4.79 Å². The molecular weight excluding hydrogens is 218 g/mol. The zero-order chi connectivity index (χ0) is 12.4. The minimum Gasteiger partial charge on any atom is -0.368 e. The number of nitrogens with two attached hydrogens (primary N) is 1. The molecule has 2 unspecified atom stereocenters. The van der Waals surface area contributed by atoms with Crippen molar-refractivity contribution in [3.63, 3.8) is 0 Å². The van der Waals surface area contributed by atoms with Crippen LogP contribution in [0.2, 0.25) is 0 Å². The molecule has 94 valence electrons. The number of carbonyl (C=O) groups is 1. The third-order valence-corrected chi connectivity index (χ3v) is 3.40. The van der Waals surface area contributed by atoms with Crippen LogP contribution in [0.25, 0.3) is 0 Å². The van der Waals surface area contributed by atoms with Gasteiger partial charge < -0.3 is 11.1 Å². The van der Waals surface area contributed by atoms with Gasteiger partial charge in [0, 0.05) is 38.9 Å². The number of piperazine rings is 1. The maximum atomic E-state index is 11.4. The van der Waals surface area contributed by atoms with E-state index in [-0.39, 0.29) is 18.0 Å². The van der Waals surface area contributed by atoms with Gasteiger partial charge in [-0.25, -0.2) is 0 Å². The molecule has 1 saturated heterocycles. The van der Waals surface area contributed by atoms with Crippen LogP contribution >= 0.6 is 0 Å². The Morgan fingerprint density at radius 3 is 3.06 bits per heavy atom. The number of nitrogens with zero attached hydrogens (tertiary/aromatic N) is 3. The van der Waals surface area contributed by atoms with Crippen LogP contribution in [0.15, 0.2) is 12.3 Å². The van der Waals surface area contributed by atoms with Crippen LogP contribution in [0.1, 0.15) is 18.7 Å². The topological polar surface area (TPSA) is 76.2 Å². The second-order valence-corrected chi connectivity index (χ2v) is 4.42. The predicted octanol–water partition coefficient (Wildman–Crippen LogP) is -0.760. The third-order valence-electron chi connectivity index (χ3n) is 3.40. The maximum Gasteiger partial charge on any atom is 0.236 e. The molecule has 0 aliphatic carbocycles. The Balaban J connectivity index is 2.19. The van der Waals surface area contributed by atoms with Crippen molar-refractivity contribution in [3.05, 3.63) is 18.0 Å². The minimum atomic E-state index is -0.272. The average Bonchev–Trinajstić information content (AvgIpc) is 2.74. The molecule has 0 spiro atoms. The highest BCUT2D eigenvalue weighted by molar-refractivity contribution is 5.80. The summed E-state index contributed by atoms with van der Waals surface area (Å²) in [6, 6.07) is 1.88. The second kappa shape index (κ2) is 4.85. The van der Waals surface area contributed by atoms with E-state index in [1.807, 2.05) is 17.8 Å². The molecule has 1 fully saturated rings. The Labute approximate surface area is 101 Å². The van der Waals surface area contributed by atoms with Crippen molar-refractivity contribution < 1.29 is 4.79 Å². The molecule has 6 nitrogen and oxygen atoms in total. The Kier molecular flexibility index (Phi) is 3.44. The van der Waals surface area contributed by atoms with Gasteiger partial charge in [-0.15, -0.1) is 0 Å². The van der Waals surface area contributed by atoms with E-state index >= 15 is 0 Å². The van der Waals surface area contributed by atoms with Gasteiger partial charge in [-0.05, 0) is 13.0 Å². The summed E-state index contributed by atoms with van der Waals surface area (Å²) in [6.45, 7) is 4.40. The third kappa shape index (κ3) is 2.32. The van der Waals surface area contributed by atoms with Crippen LogP contribution in [0.3, 0.4) is 0 Å². The van der Waals surface area contributed by atoms with E-state index in [0.29, 0.717) is 6.54 Å². The summed E-state index contributed by atoms with van der Waals surface area (Å²) in [5, 5.41) is 7.36. The van der Waals surface area contributed by atoms with Gasteiger partial charge in [-0.1, -0.05) is 0 Å². The minimum absolute atomic E-state index is 0.141. The molecule has 0 aromatic carbocycles. The van der Waals surface area contributed by atoms with E-state index in [4.69, 9.17) is 5.73 Å². The fourth-order valence-electron chi connectivity index (χ4n) is 2.41. The molecule has 1 aliphatic heterocycles. The number of carbonyl (C=O) groups excluding carboxylic acids is 1. The fourth-order valence-corrected chi connectivity index (χ4v) is 2.41. The molecule has 1 aromatic rings. The number of aromatic nitrogens is 2.